The molecular weight excluding hydrogens is 481 g/mol. The molecule has 1 nitrogen and oxygen atoms in total. The zero-order valence-corrected chi connectivity index (χ0v) is 16.1. The van der Waals surface area contributed by atoms with Crippen LogP contribution >= 0.6 is 15.9 Å². The highest BCUT2D eigenvalue weighted by molar-refractivity contribution is 9.10. The fraction of sp³-hybridized carbons (Fsp3) is 0.333. The summed E-state index contributed by atoms with van der Waals surface area (Å²) in [5.41, 5.74) is 1.13. The Balaban J connectivity index is 2.49. The summed E-state index contributed by atoms with van der Waals surface area (Å²) in [6.45, 7) is 1.22. The summed E-state index contributed by atoms with van der Waals surface area (Å²) in [5, 5.41) is 0. The van der Waals surface area contributed by atoms with Gasteiger partial charge in [-0.2, -0.15) is 39.5 Å². The van der Waals surface area contributed by atoms with E-state index >= 15 is 0 Å². The molecule has 0 fully saturated rings. The summed E-state index contributed by atoms with van der Waals surface area (Å²) in [6.07, 6.45) is -15.2. The van der Waals surface area contributed by atoms with Crippen molar-refractivity contribution in [2.45, 2.75) is 37.9 Å². The molecule has 11 heteroatoms. The second-order valence-corrected chi connectivity index (χ2v) is 7.26. The molecule has 0 aromatic heterocycles. The van der Waals surface area contributed by atoms with Crippen molar-refractivity contribution >= 4 is 15.9 Å². The van der Waals surface area contributed by atoms with Crippen LogP contribution in [0.1, 0.15) is 39.4 Å². The van der Waals surface area contributed by atoms with Crippen LogP contribution in [0.4, 0.5) is 39.5 Å². The summed E-state index contributed by atoms with van der Waals surface area (Å²) in [7, 11) is 0. The van der Waals surface area contributed by atoms with Gasteiger partial charge in [0.2, 0.25) is 0 Å². The molecule has 1 unspecified atom stereocenters. The van der Waals surface area contributed by atoms with Crippen molar-refractivity contribution in [2.75, 3.05) is 0 Å². The standard InChI is InChI=1S/C18H13BrF9N/c1-8-2-14(19)9(5-13(8)18(26,27)28)6-15(29)10-3-11(16(20,21)22)7-12(4-10)17(23,24)25/h2-5,7,15H,6,29H2,1H3. The Morgan fingerprint density at radius 3 is 1.69 bits per heavy atom. The van der Waals surface area contributed by atoms with Crippen molar-refractivity contribution in [1.82, 2.24) is 0 Å². The molecule has 0 aliphatic heterocycles. The molecule has 1 atom stereocenters. The number of hydrogen-bond acceptors (Lipinski definition) is 1. The van der Waals surface area contributed by atoms with Crippen LogP contribution in [0, 0.1) is 6.92 Å². The normalized spacial score (nSPS) is 14.2. The molecule has 0 aliphatic rings. The van der Waals surface area contributed by atoms with E-state index in [-0.39, 0.29) is 21.7 Å². The lowest BCUT2D eigenvalue weighted by molar-refractivity contribution is -0.143. The highest BCUT2D eigenvalue weighted by Crippen LogP contribution is 2.39. The summed E-state index contributed by atoms with van der Waals surface area (Å²) >= 11 is 3.06. The number of alkyl halides is 9. The van der Waals surface area contributed by atoms with E-state index in [2.05, 4.69) is 15.9 Å². The average Bonchev–Trinajstić information content (AvgIpc) is 2.54. The van der Waals surface area contributed by atoms with Crippen LogP contribution < -0.4 is 5.73 Å². The van der Waals surface area contributed by atoms with E-state index in [4.69, 9.17) is 5.73 Å². The van der Waals surface area contributed by atoms with Crippen molar-refractivity contribution in [3.8, 4) is 0 Å². The van der Waals surface area contributed by atoms with E-state index in [9.17, 15) is 39.5 Å². The van der Waals surface area contributed by atoms with Gasteiger partial charge in [0.15, 0.2) is 0 Å². The van der Waals surface area contributed by atoms with Crippen molar-refractivity contribution in [1.29, 1.82) is 0 Å². The molecule has 2 aromatic carbocycles. The lowest BCUT2D eigenvalue weighted by Gasteiger charge is -2.20. The van der Waals surface area contributed by atoms with E-state index < -0.39 is 53.2 Å². The molecule has 2 aromatic rings. The first-order valence-corrected chi connectivity index (χ1v) is 8.70. The zero-order chi connectivity index (χ0) is 22.4. The number of rotatable bonds is 3. The first-order valence-electron chi connectivity index (χ1n) is 7.91. The minimum absolute atomic E-state index is 0.00129. The van der Waals surface area contributed by atoms with Gasteiger partial charge in [-0.25, -0.2) is 0 Å². The van der Waals surface area contributed by atoms with E-state index in [1.807, 2.05) is 0 Å². The molecule has 160 valence electrons. The number of hydrogen-bond donors (Lipinski definition) is 1. The van der Waals surface area contributed by atoms with E-state index in [0.29, 0.717) is 12.1 Å². The van der Waals surface area contributed by atoms with Gasteiger partial charge in [-0.1, -0.05) is 15.9 Å². The van der Waals surface area contributed by atoms with Gasteiger partial charge in [0.25, 0.3) is 0 Å². The Bertz CT molecular complexity index is 866. The van der Waals surface area contributed by atoms with Crippen molar-refractivity contribution in [2.24, 2.45) is 5.73 Å². The van der Waals surface area contributed by atoms with E-state index in [0.717, 1.165) is 12.1 Å². The number of nitrogens with two attached hydrogens (primary N) is 1. The van der Waals surface area contributed by atoms with Crippen LogP contribution in [0.15, 0.2) is 34.8 Å². The van der Waals surface area contributed by atoms with Crippen molar-refractivity contribution in [3.05, 3.63) is 68.2 Å². The van der Waals surface area contributed by atoms with Crippen LogP contribution in [0.2, 0.25) is 0 Å². The van der Waals surface area contributed by atoms with E-state index in [1.165, 1.54) is 6.92 Å². The highest BCUT2D eigenvalue weighted by atomic mass is 79.9. The van der Waals surface area contributed by atoms with Gasteiger partial charge in [0.05, 0.1) is 16.7 Å². The Hall–Kier alpha value is -1.75. The summed E-state index contributed by atoms with van der Waals surface area (Å²) < 4.78 is 117. The summed E-state index contributed by atoms with van der Waals surface area (Å²) in [6, 6.07) is 1.42. The fourth-order valence-corrected chi connectivity index (χ4v) is 3.35. The monoisotopic (exact) mass is 493 g/mol. The Morgan fingerprint density at radius 1 is 0.793 bits per heavy atom. The van der Waals surface area contributed by atoms with Gasteiger partial charge in [-0.3, -0.25) is 0 Å². The van der Waals surface area contributed by atoms with Crippen LogP contribution in [-0.4, -0.2) is 0 Å². The SMILES string of the molecule is Cc1cc(Br)c(CC(N)c2cc(C(F)(F)F)cc(C(F)(F)F)c2)cc1C(F)(F)F. The molecule has 2 N–H and O–H groups in total. The lowest BCUT2D eigenvalue weighted by Crippen LogP contribution is -2.18. The van der Waals surface area contributed by atoms with Gasteiger partial charge in [-0.05, 0) is 60.4 Å². The number of halogens is 10. The van der Waals surface area contributed by atoms with Crippen molar-refractivity contribution < 1.29 is 39.5 Å². The maximum Gasteiger partial charge on any atom is 0.416 e. The molecule has 0 saturated carbocycles. The van der Waals surface area contributed by atoms with E-state index in [1.54, 1.807) is 0 Å². The third-order valence-electron chi connectivity index (χ3n) is 4.18. The second-order valence-electron chi connectivity index (χ2n) is 6.41. The van der Waals surface area contributed by atoms with Gasteiger partial charge >= 0.3 is 18.5 Å². The molecule has 0 saturated heterocycles. The molecule has 0 radical (unpaired) electrons. The van der Waals surface area contributed by atoms with Crippen LogP contribution in [-0.2, 0) is 24.9 Å². The molecule has 0 aliphatic carbocycles. The maximum atomic E-state index is 13.1. The summed E-state index contributed by atoms with van der Waals surface area (Å²) in [4.78, 5) is 0. The van der Waals surface area contributed by atoms with Gasteiger partial charge in [0, 0.05) is 10.5 Å². The minimum atomic E-state index is -5.05. The zero-order valence-electron chi connectivity index (χ0n) is 14.5. The highest BCUT2D eigenvalue weighted by Gasteiger charge is 2.37. The largest absolute Gasteiger partial charge is 0.416 e. The predicted octanol–water partition coefficient (Wildman–Crippen LogP) is 7.06. The predicted molar refractivity (Wildman–Crippen MR) is 91.0 cm³/mol. The molecular formula is C18H13BrF9N. The topological polar surface area (TPSA) is 26.0 Å². The van der Waals surface area contributed by atoms with Crippen LogP contribution in [0.25, 0.3) is 0 Å². The molecule has 2 rings (SSSR count). The molecule has 29 heavy (non-hydrogen) atoms. The van der Waals surface area contributed by atoms with Gasteiger partial charge in [-0.15, -0.1) is 0 Å². The molecule has 0 amide bonds. The Morgan fingerprint density at radius 2 is 1.28 bits per heavy atom. The minimum Gasteiger partial charge on any atom is -0.324 e. The first-order chi connectivity index (χ1) is 13.0. The van der Waals surface area contributed by atoms with Gasteiger partial charge in [0.1, 0.15) is 0 Å². The van der Waals surface area contributed by atoms with Gasteiger partial charge < -0.3 is 5.73 Å². The Labute approximate surface area is 167 Å². The van der Waals surface area contributed by atoms with Crippen molar-refractivity contribution in [3.63, 3.8) is 0 Å². The smallest absolute Gasteiger partial charge is 0.324 e. The fourth-order valence-electron chi connectivity index (χ4n) is 2.73. The van der Waals surface area contributed by atoms with Crippen LogP contribution in [0.3, 0.4) is 0 Å². The number of benzene rings is 2. The molecule has 0 spiro atoms. The Kier molecular flexibility index (Phi) is 6.35. The third-order valence-corrected chi connectivity index (χ3v) is 4.91. The van der Waals surface area contributed by atoms with Crippen LogP contribution in [0.5, 0.6) is 0 Å². The lowest BCUT2D eigenvalue weighted by atomic mass is 9.94. The maximum absolute atomic E-state index is 13.1. The third kappa shape index (κ3) is 5.65. The summed E-state index contributed by atoms with van der Waals surface area (Å²) in [5.74, 6) is 0. The number of aryl methyl sites for hydroxylation is 1. The quantitative estimate of drug-likeness (QED) is 0.455. The first kappa shape index (κ1) is 23.5. The average molecular weight is 494 g/mol. The molecule has 0 bridgehead atoms. The molecule has 0 heterocycles. The second kappa shape index (κ2) is 7.82.